The average Bonchev–Trinajstić information content (AvgIpc) is 2.48. The van der Waals surface area contributed by atoms with Crippen LogP contribution in [0.5, 0.6) is 0 Å². The molecule has 0 aliphatic carbocycles. The summed E-state index contributed by atoms with van der Waals surface area (Å²) < 4.78 is 1.84. The summed E-state index contributed by atoms with van der Waals surface area (Å²) in [7, 11) is 0. The van der Waals surface area contributed by atoms with Crippen LogP contribution in [-0.4, -0.2) is 14.6 Å². The van der Waals surface area contributed by atoms with Gasteiger partial charge in [-0.3, -0.25) is 0 Å². The van der Waals surface area contributed by atoms with E-state index in [-0.39, 0.29) is 0 Å². The molecule has 0 unspecified atom stereocenters. The average molecular weight is 175 g/mol. The van der Waals surface area contributed by atoms with Crippen LogP contribution in [0, 0.1) is 6.92 Å². The zero-order valence-corrected chi connectivity index (χ0v) is 8.15. The second kappa shape index (κ2) is 2.83. The molecule has 0 amide bonds. The number of nitrogens with zero attached hydrogens (tertiary/aromatic N) is 3. The second-order valence-electron chi connectivity index (χ2n) is 3.56. The second-order valence-corrected chi connectivity index (χ2v) is 3.56. The number of hydrogen-bond donors (Lipinski definition) is 0. The highest BCUT2D eigenvalue weighted by atomic mass is 15.2. The third kappa shape index (κ3) is 1.20. The van der Waals surface area contributed by atoms with E-state index in [1.54, 1.807) is 6.33 Å². The Morgan fingerprint density at radius 3 is 2.85 bits per heavy atom. The first-order chi connectivity index (χ1) is 6.20. The number of imidazole rings is 1. The van der Waals surface area contributed by atoms with Gasteiger partial charge in [0.15, 0.2) is 0 Å². The van der Waals surface area contributed by atoms with Crippen LogP contribution >= 0.6 is 0 Å². The van der Waals surface area contributed by atoms with Crippen molar-refractivity contribution in [1.29, 1.82) is 0 Å². The van der Waals surface area contributed by atoms with Gasteiger partial charge in [-0.05, 0) is 24.5 Å². The van der Waals surface area contributed by atoms with Crippen LogP contribution in [0.3, 0.4) is 0 Å². The Morgan fingerprint density at radius 2 is 2.15 bits per heavy atom. The summed E-state index contributed by atoms with van der Waals surface area (Å²) in [6.07, 6.45) is 3.58. The Balaban J connectivity index is 2.80. The lowest BCUT2D eigenvalue weighted by atomic mass is 10.0. The van der Waals surface area contributed by atoms with Gasteiger partial charge in [-0.2, -0.15) is 5.10 Å². The Bertz CT molecular complexity index is 429. The van der Waals surface area contributed by atoms with E-state index in [1.165, 1.54) is 5.56 Å². The fourth-order valence-corrected chi connectivity index (χ4v) is 1.58. The molecule has 2 rings (SSSR count). The first kappa shape index (κ1) is 8.23. The zero-order valence-electron chi connectivity index (χ0n) is 8.15. The van der Waals surface area contributed by atoms with Crippen molar-refractivity contribution >= 4 is 5.52 Å². The molecule has 0 atom stereocenters. The van der Waals surface area contributed by atoms with Gasteiger partial charge in [0, 0.05) is 6.20 Å². The molecule has 0 spiro atoms. The summed E-state index contributed by atoms with van der Waals surface area (Å²) in [5.41, 5.74) is 3.51. The van der Waals surface area contributed by atoms with Gasteiger partial charge in [0.2, 0.25) is 0 Å². The lowest BCUT2D eigenvalue weighted by Gasteiger charge is -2.06. The fraction of sp³-hybridized carbons (Fsp3) is 0.400. The quantitative estimate of drug-likeness (QED) is 0.664. The van der Waals surface area contributed by atoms with Gasteiger partial charge in [0.05, 0.1) is 11.2 Å². The third-order valence-electron chi connectivity index (χ3n) is 2.27. The number of fused-ring (bicyclic) bond motifs is 1. The third-order valence-corrected chi connectivity index (χ3v) is 2.27. The molecular weight excluding hydrogens is 162 g/mol. The molecule has 3 heteroatoms. The fourth-order valence-electron chi connectivity index (χ4n) is 1.58. The molecule has 2 aromatic heterocycles. The van der Waals surface area contributed by atoms with Crippen molar-refractivity contribution < 1.29 is 0 Å². The predicted molar refractivity (Wildman–Crippen MR) is 51.8 cm³/mol. The van der Waals surface area contributed by atoms with Crippen LogP contribution in [0.2, 0.25) is 0 Å². The Kier molecular flexibility index (Phi) is 1.79. The van der Waals surface area contributed by atoms with Gasteiger partial charge in [0.1, 0.15) is 6.33 Å². The van der Waals surface area contributed by atoms with E-state index in [4.69, 9.17) is 0 Å². The molecule has 0 saturated heterocycles. The van der Waals surface area contributed by atoms with Gasteiger partial charge in [-0.25, -0.2) is 9.50 Å². The lowest BCUT2D eigenvalue weighted by Crippen LogP contribution is -1.96. The van der Waals surface area contributed by atoms with Crippen molar-refractivity contribution in [3.8, 4) is 0 Å². The van der Waals surface area contributed by atoms with Crippen molar-refractivity contribution in [2.24, 2.45) is 0 Å². The summed E-state index contributed by atoms with van der Waals surface area (Å²) >= 11 is 0. The van der Waals surface area contributed by atoms with Crippen molar-refractivity contribution in [1.82, 2.24) is 14.6 Å². The first-order valence-electron chi connectivity index (χ1n) is 4.49. The number of aromatic nitrogens is 3. The maximum atomic E-state index is 4.24. The lowest BCUT2D eigenvalue weighted by molar-refractivity contribution is 0.838. The van der Waals surface area contributed by atoms with Gasteiger partial charge in [0.25, 0.3) is 0 Å². The molecule has 0 fully saturated rings. The van der Waals surface area contributed by atoms with Gasteiger partial charge in [-0.15, -0.1) is 0 Å². The summed E-state index contributed by atoms with van der Waals surface area (Å²) in [6.45, 7) is 6.38. The summed E-state index contributed by atoms with van der Waals surface area (Å²) in [5, 5.41) is 4.20. The molecule has 0 aliphatic heterocycles. The van der Waals surface area contributed by atoms with Gasteiger partial charge < -0.3 is 0 Å². The highest BCUT2D eigenvalue weighted by molar-refractivity contribution is 5.58. The van der Waals surface area contributed by atoms with E-state index in [9.17, 15) is 0 Å². The molecular formula is C10H13N3. The predicted octanol–water partition coefficient (Wildman–Crippen LogP) is 2.16. The molecule has 0 aromatic carbocycles. The van der Waals surface area contributed by atoms with Crippen molar-refractivity contribution in [2.75, 3.05) is 0 Å². The Morgan fingerprint density at radius 1 is 1.38 bits per heavy atom. The van der Waals surface area contributed by atoms with Crippen LogP contribution in [0.1, 0.15) is 31.0 Å². The molecule has 3 nitrogen and oxygen atoms in total. The highest BCUT2D eigenvalue weighted by Crippen LogP contribution is 2.21. The monoisotopic (exact) mass is 175 g/mol. The molecule has 0 radical (unpaired) electrons. The molecule has 2 aromatic rings. The normalized spacial score (nSPS) is 11.4. The molecule has 0 bridgehead atoms. The van der Waals surface area contributed by atoms with E-state index >= 15 is 0 Å². The van der Waals surface area contributed by atoms with Crippen molar-refractivity contribution in [3.63, 3.8) is 0 Å². The Hall–Kier alpha value is -1.38. The van der Waals surface area contributed by atoms with Crippen LogP contribution < -0.4 is 0 Å². The van der Waals surface area contributed by atoms with Gasteiger partial charge >= 0.3 is 0 Å². The molecule has 0 N–H and O–H groups in total. The van der Waals surface area contributed by atoms with Crippen LogP contribution in [0.4, 0.5) is 0 Å². The summed E-state index contributed by atoms with van der Waals surface area (Å²) in [4.78, 5) is 4.24. The SMILES string of the molecule is Cc1ncn2nccc(C(C)C)c12. The van der Waals surface area contributed by atoms with Crippen LogP contribution in [-0.2, 0) is 0 Å². The smallest absolute Gasteiger partial charge is 0.118 e. The van der Waals surface area contributed by atoms with Crippen molar-refractivity contribution in [2.45, 2.75) is 26.7 Å². The Labute approximate surface area is 77.4 Å². The molecule has 68 valence electrons. The standard InChI is InChI=1S/C10H13N3/c1-7(2)9-4-5-12-13-6-11-8(3)10(9)13/h4-7H,1-3H3. The summed E-state index contributed by atoms with van der Waals surface area (Å²) in [5.74, 6) is 0.515. The maximum Gasteiger partial charge on any atom is 0.118 e. The van der Waals surface area contributed by atoms with E-state index in [0.29, 0.717) is 5.92 Å². The van der Waals surface area contributed by atoms with E-state index in [1.807, 2.05) is 17.6 Å². The van der Waals surface area contributed by atoms with Crippen molar-refractivity contribution in [3.05, 3.63) is 29.8 Å². The van der Waals surface area contributed by atoms with Gasteiger partial charge in [-0.1, -0.05) is 13.8 Å². The largest absolute Gasteiger partial charge is 0.239 e. The number of aryl methyl sites for hydroxylation is 1. The topological polar surface area (TPSA) is 30.2 Å². The highest BCUT2D eigenvalue weighted by Gasteiger charge is 2.08. The minimum absolute atomic E-state index is 0.515. The van der Waals surface area contributed by atoms with E-state index in [2.05, 4.69) is 30.0 Å². The molecule has 2 heterocycles. The molecule has 0 saturated carbocycles. The zero-order chi connectivity index (χ0) is 9.42. The van der Waals surface area contributed by atoms with Crippen LogP contribution in [0.15, 0.2) is 18.6 Å². The minimum atomic E-state index is 0.515. The molecule has 13 heavy (non-hydrogen) atoms. The van der Waals surface area contributed by atoms with E-state index < -0.39 is 0 Å². The number of rotatable bonds is 1. The first-order valence-corrected chi connectivity index (χ1v) is 4.49. The van der Waals surface area contributed by atoms with Crippen LogP contribution in [0.25, 0.3) is 5.52 Å². The summed E-state index contributed by atoms with van der Waals surface area (Å²) in [6, 6.07) is 2.06. The van der Waals surface area contributed by atoms with E-state index in [0.717, 1.165) is 11.2 Å². The minimum Gasteiger partial charge on any atom is -0.239 e. The number of hydrogen-bond acceptors (Lipinski definition) is 2. The maximum absolute atomic E-state index is 4.24. The molecule has 0 aliphatic rings.